The first kappa shape index (κ1) is 34.1. The summed E-state index contributed by atoms with van der Waals surface area (Å²) in [6, 6.07) is 17.6. The van der Waals surface area contributed by atoms with Crippen LogP contribution in [0.3, 0.4) is 0 Å². The Morgan fingerprint density at radius 3 is 2.23 bits per heavy atom. The molecule has 2 heterocycles. The number of benzene rings is 3. The smallest absolute Gasteiger partial charge is 0.285 e. The SMILES string of the molecule is COc1cccc(S(=O)(=O)N2c3ccc(C(=O)Nc4cccc(S(=O)(=O)N=C(N(C)C)N(C)C)c4)cc3C3(CCSCC3)C2C2CC2)c1. The van der Waals surface area contributed by atoms with Gasteiger partial charge in [-0.1, -0.05) is 12.1 Å². The summed E-state index contributed by atoms with van der Waals surface area (Å²) in [5.74, 6) is 2.33. The lowest BCUT2D eigenvalue weighted by Gasteiger charge is -2.41. The van der Waals surface area contributed by atoms with E-state index in [1.54, 1.807) is 90.8 Å². The minimum Gasteiger partial charge on any atom is -0.497 e. The van der Waals surface area contributed by atoms with Crippen molar-refractivity contribution in [2.75, 3.05) is 56.4 Å². The second-order valence-corrected chi connectivity index (χ2v) is 17.5. The van der Waals surface area contributed by atoms with Crippen LogP contribution in [0.5, 0.6) is 5.75 Å². The number of methoxy groups -OCH3 is 1. The molecule has 14 heteroatoms. The highest BCUT2D eigenvalue weighted by atomic mass is 32.2. The van der Waals surface area contributed by atoms with Crippen molar-refractivity contribution in [2.24, 2.45) is 10.3 Å². The number of nitrogens with one attached hydrogen (secondary N) is 1. The molecule has 256 valence electrons. The van der Waals surface area contributed by atoms with E-state index in [1.807, 2.05) is 17.8 Å². The first-order valence-corrected chi connectivity index (χ1v) is 19.8. The van der Waals surface area contributed by atoms with Crippen LogP contribution < -0.4 is 14.4 Å². The van der Waals surface area contributed by atoms with E-state index in [-0.39, 0.29) is 27.7 Å². The summed E-state index contributed by atoms with van der Waals surface area (Å²) in [7, 11) is 0.305. The van der Waals surface area contributed by atoms with Crippen LogP contribution in [0.2, 0.25) is 0 Å². The maximum atomic E-state index is 14.5. The second-order valence-electron chi connectivity index (χ2n) is 12.9. The lowest BCUT2D eigenvalue weighted by Crippen LogP contribution is -2.50. The molecular weight excluding hydrogens is 671 g/mol. The Labute approximate surface area is 287 Å². The molecule has 0 aromatic heterocycles. The average molecular weight is 712 g/mol. The van der Waals surface area contributed by atoms with Gasteiger partial charge in [0.15, 0.2) is 0 Å². The summed E-state index contributed by atoms with van der Waals surface area (Å²) in [4.78, 5) is 17.1. The van der Waals surface area contributed by atoms with Gasteiger partial charge in [0.25, 0.3) is 26.0 Å². The summed E-state index contributed by atoms with van der Waals surface area (Å²) < 4.78 is 66.3. The highest BCUT2D eigenvalue weighted by molar-refractivity contribution is 7.99. The van der Waals surface area contributed by atoms with E-state index >= 15 is 0 Å². The average Bonchev–Trinajstić information content (AvgIpc) is 3.87. The van der Waals surface area contributed by atoms with Crippen LogP contribution in [0.25, 0.3) is 0 Å². The Kier molecular flexibility index (Phi) is 9.20. The maximum absolute atomic E-state index is 14.5. The molecule has 0 radical (unpaired) electrons. The van der Waals surface area contributed by atoms with Gasteiger partial charge in [-0.2, -0.15) is 20.2 Å². The van der Waals surface area contributed by atoms with Crippen LogP contribution in [0.15, 0.2) is 80.9 Å². The van der Waals surface area contributed by atoms with E-state index < -0.39 is 31.4 Å². The number of carbonyl (C=O) groups excluding carboxylic acids is 1. The number of nitrogens with zero attached hydrogens (tertiary/aromatic N) is 4. The number of hydrogen-bond acceptors (Lipinski definition) is 7. The van der Waals surface area contributed by atoms with Gasteiger partial charge in [0.05, 0.1) is 28.6 Å². The zero-order chi connectivity index (χ0) is 34.4. The summed E-state index contributed by atoms with van der Waals surface area (Å²) >= 11 is 1.87. The van der Waals surface area contributed by atoms with Crippen molar-refractivity contribution in [1.29, 1.82) is 0 Å². The van der Waals surface area contributed by atoms with E-state index in [1.165, 1.54) is 19.2 Å². The predicted molar refractivity (Wildman–Crippen MR) is 190 cm³/mol. The molecule has 3 aromatic rings. The Balaban J connectivity index is 1.37. The molecule has 1 N–H and O–H groups in total. The molecule has 48 heavy (non-hydrogen) atoms. The third kappa shape index (κ3) is 6.25. The summed E-state index contributed by atoms with van der Waals surface area (Å²) in [6.07, 6.45) is 3.53. The minimum atomic E-state index is -4.07. The zero-order valence-electron chi connectivity index (χ0n) is 27.7. The van der Waals surface area contributed by atoms with Crippen molar-refractivity contribution in [2.45, 2.75) is 46.9 Å². The standard InChI is InChI=1S/C34H41N5O6S3/c1-37(2)33(38(3)4)36-47(41,42)27-10-6-8-25(21-27)35-32(40)24-14-15-30-29(20-24)34(16-18-46-19-17-34)31(23-12-13-23)39(30)48(43,44)28-11-7-9-26(22-28)45-5/h6-11,14-15,20-23,31H,12-13,16-19H2,1-5H3,(H,35,40). The van der Waals surface area contributed by atoms with E-state index in [0.717, 1.165) is 42.8 Å². The number of ether oxygens (including phenoxy) is 1. The fourth-order valence-corrected chi connectivity index (χ4v) is 11.2. The van der Waals surface area contributed by atoms with Crippen LogP contribution in [-0.4, -0.2) is 91.4 Å². The molecular formula is C34H41N5O6S3. The van der Waals surface area contributed by atoms with Crippen molar-refractivity contribution in [3.05, 3.63) is 77.9 Å². The first-order chi connectivity index (χ1) is 22.8. The minimum absolute atomic E-state index is 0.0558. The molecule has 1 aliphatic carbocycles. The lowest BCUT2D eigenvalue weighted by atomic mass is 9.70. The normalized spacial score (nSPS) is 18.6. The Morgan fingerprint density at radius 1 is 0.917 bits per heavy atom. The molecule has 11 nitrogen and oxygen atoms in total. The van der Waals surface area contributed by atoms with E-state index in [0.29, 0.717) is 22.7 Å². The summed E-state index contributed by atoms with van der Waals surface area (Å²) in [5.41, 5.74) is 1.74. The van der Waals surface area contributed by atoms with E-state index in [4.69, 9.17) is 4.74 Å². The maximum Gasteiger partial charge on any atom is 0.285 e. The van der Waals surface area contributed by atoms with Crippen molar-refractivity contribution in [3.8, 4) is 5.75 Å². The second kappa shape index (κ2) is 12.9. The molecule has 1 atom stereocenters. The Bertz CT molecular complexity index is 1960. The number of thioether (sulfide) groups is 1. The van der Waals surface area contributed by atoms with Crippen molar-refractivity contribution >= 4 is 55.0 Å². The van der Waals surface area contributed by atoms with Crippen LogP contribution in [0, 0.1) is 5.92 Å². The molecule has 3 aromatic carbocycles. The molecule has 0 bridgehead atoms. The fourth-order valence-electron chi connectivity index (χ4n) is 6.97. The largest absolute Gasteiger partial charge is 0.497 e. The third-order valence-corrected chi connectivity index (χ3v) is 13.3. The summed E-state index contributed by atoms with van der Waals surface area (Å²) in [6.45, 7) is 0. The van der Waals surface area contributed by atoms with Crippen molar-refractivity contribution in [3.63, 3.8) is 0 Å². The van der Waals surface area contributed by atoms with Gasteiger partial charge in [-0.15, -0.1) is 4.40 Å². The van der Waals surface area contributed by atoms with E-state index in [9.17, 15) is 21.6 Å². The molecule has 1 spiro atoms. The Hall–Kier alpha value is -3.75. The molecule has 1 saturated carbocycles. The molecule has 6 rings (SSSR count). The fraction of sp³-hybridized carbons (Fsp3) is 0.412. The van der Waals surface area contributed by atoms with Crippen LogP contribution in [0.4, 0.5) is 11.4 Å². The molecule has 3 aliphatic rings. The van der Waals surface area contributed by atoms with Gasteiger partial charge in [0.1, 0.15) is 5.75 Å². The quantitative estimate of drug-likeness (QED) is 0.257. The highest BCUT2D eigenvalue weighted by Crippen LogP contribution is 2.59. The summed E-state index contributed by atoms with van der Waals surface area (Å²) in [5, 5.41) is 2.86. The van der Waals surface area contributed by atoms with Crippen LogP contribution in [-0.2, 0) is 25.5 Å². The van der Waals surface area contributed by atoms with E-state index in [2.05, 4.69) is 9.71 Å². The van der Waals surface area contributed by atoms with Gasteiger partial charge in [-0.3, -0.25) is 9.10 Å². The zero-order valence-corrected chi connectivity index (χ0v) is 30.2. The number of hydrogen-bond donors (Lipinski definition) is 1. The first-order valence-electron chi connectivity index (χ1n) is 15.8. The third-order valence-electron chi connectivity index (χ3n) is 9.29. The van der Waals surface area contributed by atoms with Gasteiger partial charge in [0, 0.05) is 50.9 Å². The van der Waals surface area contributed by atoms with Crippen LogP contribution in [0.1, 0.15) is 41.6 Å². The van der Waals surface area contributed by atoms with Gasteiger partial charge in [0.2, 0.25) is 5.96 Å². The van der Waals surface area contributed by atoms with Crippen molar-refractivity contribution in [1.82, 2.24) is 9.80 Å². The number of fused-ring (bicyclic) bond motifs is 2. The Morgan fingerprint density at radius 2 is 1.58 bits per heavy atom. The highest BCUT2D eigenvalue weighted by Gasteiger charge is 2.59. The van der Waals surface area contributed by atoms with Gasteiger partial charge < -0.3 is 19.9 Å². The molecule has 2 aliphatic heterocycles. The lowest BCUT2D eigenvalue weighted by molar-refractivity contribution is 0.102. The van der Waals surface area contributed by atoms with Crippen molar-refractivity contribution < 1.29 is 26.4 Å². The topological polar surface area (TPSA) is 129 Å². The molecule has 1 saturated heterocycles. The number of guanidine groups is 1. The number of amides is 1. The molecule has 1 unspecified atom stereocenters. The monoisotopic (exact) mass is 711 g/mol. The molecule has 1 amide bonds. The van der Waals surface area contributed by atoms with Gasteiger partial charge >= 0.3 is 0 Å². The number of carbonyl (C=O) groups is 1. The van der Waals surface area contributed by atoms with Crippen LogP contribution >= 0.6 is 11.8 Å². The predicted octanol–water partition coefficient (Wildman–Crippen LogP) is 4.87. The number of sulfonamides is 2. The molecule has 2 fully saturated rings. The number of anilines is 2. The van der Waals surface area contributed by atoms with Gasteiger partial charge in [-0.05, 0) is 97.2 Å². The number of rotatable bonds is 8. The van der Waals surface area contributed by atoms with Gasteiger partial charge in [-0.25, -0.2) is 8.42 Å².